The van der Waals surface area contributed by atoms with E-state index in [4.69, 9.17) is 0 Å². The summed E-state index contributed by atoms with van der Waals surface area (Å²) in [4.78, 5) is 0. The van der Waals surface area contributed by atoms with E-state index in [-0.39, 0.29) is 46.8 Å². The molecule has 0 saturated heterocycles. The van der Waals surface area contributed by atoms with Gasteiger partial charge in [0.1, 0.15) is 0 Å². The number of fused-ring (bicyclic) bond motifs is 5. The molecule has 5 aromatic carbocycles. The number of allylic oxidation sites excluding steroid dienone is 8. The Labute approximate surface area is 378 Å². The van der Waals surface area contributed by atoms with Gasteiger partial charge in [0.15, 0.2) is 0 Å². The first-order chi connectivity index (χ1) is 26.9. The van der Waals surface area contributed by atoms with Crippen molar-refractivity contribution in [3.05, 3.63) is 159 Å². The maximum atomic E-state index is 12.7. The molecule has 0 aliphatic heterocycles. The average Bonchev–Trinajstić information content (AvgIpc) is 3.83. The third kappa shape index (κ3) is 10.6. The molecule has 0 heterocycles. The van der Waals surface area contributed by atoms with E-state index in [2.05, 4.69) is 123 Å². The van der Waals surface area contributed by atoms with Crippen LogP contribution in [0.5, 0.6) is 0 Å². The summed E-state index contributed by atoms with van der Waals surface area (Å²) in [5.74, 6) is 0. The molecular formula is C51H50Cl2F6Zr-2. The van der Waals surface area contributed by atoms with Gasteiger partial charge in [0, 0.05) is 0 Å². The van der Waals surface area contributed by atoms with Gasteiger partial charge in [-0.05, 0) is 59.8 Å². The predicted octanol–water partition coefficient (Wildman–Crippen LogP) is 9.45. The standard InChI is InChI=1S/C27H29.C15H8F6.C9H13.2ClH.Zr/c1-16-7-9-26(3,4)24-12-18-11-19-13-25-21(17(2)8-10-27(25,5)6)15-23(19)22(18)14-20(16)24;16-14(17,18)12-5-1-3-10(8-12)7-11-4-2-6-13(9-11)15(19,20)21;1-9(2,3)8-6-4-5-7-8;;;/h7-8,11-15H,9-10H2,1-6H3;1-6,8-9H;6-7H,4H2,1-3H3;2*1H;/q-1;;-1;;;+2/p-2. The van der Waals surface area contributed by atoms with Crippen LogP contribution in [0.15, 0.2) is 109 Å². The maximum Gasteiger partial charge on any atom is -1.00 e. The molecular weight excluding hydrogens is 889 g/mol. The molecule has 8 rings (SSSR count). The van der Waals surface area contributed by atoms with Gasteiger partial charge in [-0.25, -0.2) is 6.08 Å². The molecule has 0 aromatic heterocycles. The van der Waals surface area contributed by atoms with E-state index < -0.39 is 23.5 Å². The predicted molar refractivity (Wildman–Crippen MR) is 226 cm³/mol. The fraction of sp³-hybridized carbons (Fsp3) is 0.333. The molecule has 0 spiro atoms. The second-order valence-electron chi connectivity index (χ2n) is 18.1. The van der Waals surface area contributed by atoms with Crippen molar-refractivity contribution >= 4 is 35.9 Å². The zero-order valence-electron chi connectivity index (χ0n) is 35.5. The summed E-state index contributed by atoms with van der Waals surface area (Å²) >= 11 is 0.729. The molecule has 0 unspecified atom stereocenters. The number of alkyl halides is 6. The van der Waals surface area contributed by atoms with E-state index in [1.165, 1.54) is 84.8 Å². The first kappa shape index (κ1) is 49.3. The molecule has 9 heteroatoms. The van der Waals surface area contributed by atoms with Crippen molar-refractivity contribution in [2.45, 2.75) is 105 Å². The largest absolute Gasteiger partial charge is 1.00 e. The summed E-state index contributed by atoms with van der Waals surface area (Å²) in [5.41, 5.74) is 9.82. The summed E-state index contributed by atoms with van der Waals surface area (Å²) < 4.78 is 76.7. The first-order valence-corrected chi connectivity index (χ1v) is 20.9. The molecule has 316 valence electrons. The van der Waals surface area contributed by atoms with E-state index in [0.29, 0.717) is 8.62 Å². The minimum Gasteiger partial charge on any atom is -1.00 e. The van der Waals surface area contributed by atoms with Crippen LogP contribution in [-0.2, 0) is 47.4 Å². The monoisotopic (exact) mass is 936 g/mol. The van der Waals surface area contributed by atoms with Crippen molar-refractivity contribution in [1.82, 2.24) is 0 Å². The summed E-state index contributed by atoms with van der Waals surface area (Å²) in [6, 6.07) is 21.4. The van der Waals surface area contributed by atoms with E-state index in [9.17, 15) is 26.3 Å². The first-order valence-electron chi connectivity index (χ1n) is 19.6. The van der Waals surface area contributed by atoms with Gasteiger partial charge in [-0.1, -0.05) is 89.3 Å². The van der Waals surface area contributed by atoms with Gasteiger partial charge in [-0.2, -0.15) is 11.6 Å². The Bertz CT molecular complexity index is 2380. The Kier molecular flexibility index (Phi) is 14.9. The van der Waals surface area contributed by atoms with Crippen LogP contribution >= 0.6 is 0 Å². The molecule has 0 fully saturated rings. The Balaban J connectivity index is 0.000000217. The topological polar surface area (TPSA) is 0 Å². The molecule has 60 heavy (non-hydrogen) atoms. The van der Waals surface area contributed by atoms with Gasteiger partial charge in [-0.15, -0.1) is 46.2 Å². The van der Waals surface area contributed by atoms with Crippen LogP contribution in [-0.4, -0.2) is 3.21 Å². The van der Waals surface area contributed by atoms with Crippen molar-refractivity contribution < 1.29 is 75.4 Å². The number of hydrogen-bond acceptors (Lipinski definition) is 0. The Hall–Kier alpha value is -3.38. The van der Waals surface area contributed by atoms with Crippen LogP contribution in [0.25, 0.3) is 32.7 Å². The summed E-state index contributed by atoms with van der Waals surface area (Å²) in [6.45, 7) is 20.7. The smallest absolute Gasteiger partial charge is 1.00 e. The zero-order chi connectivity index (χ0) is 42.6. The van der Waals surface area contributed by atoms with Crippen LogP contribution in [0.4, 0.5) is 26.3 Å². The van der Waals surface area contributed by atoms with E-state index >= 15 is 0 Å². The quantitative estimate of drug-likeness (QED) is 0.122. The molecule has 0 atom stereocenters. The summed E-state index contributed by atoms with van der Waals surface area (Å²) in [5, 5.41) is 5.61. The van der Waals surface area contributed by atoms with Gasteiger partial charge < -0.3 is 24.8 Å². The van der Waals surface area contributed by atoms with E-state index in [0.717, 1.165) is 67.8 Å². The molecule has 3 aliphatic carbocycles. The molecule has 5 aromatic rings. The van der Waals surface area contributed by atoms with Crippen molar-refractivity contribution in [3.8, 4) is 0 Å². The van der Waals surface area contributed by atoms with Gasteiger partial charge in [0.05, 0.1) is 0 Å². The van der Waals surface area contributed by atoms with Crippen molar-refractivity contribution in [2.75, 3.05) is 0 Å². The van der Waals surface area contributed by atoms with Crippen LogP contribution in [0.1, 0.15) is 126 Å². The molecule has 0 N–H and O–H groups in total. The van der Waals surface area contributed by atoms with Crippen molar-refractivity contribution in [3.63, 3.8) is 0 Å². The third-order valence-corrected chi connectivity index (χ3v) is 13.1. The SMILES string of the molecule is CC(C)(C)C1=CC[C-]=C1.CC1=CCC(C)(C)c2cc3[cH-]c4cc5c(cc4c3cc21)C(C)=CCC5(C)C.FC(F)(F)c1cccc([C](=[Zr+2])c2cccc(C(F)(F)F)c2)c1.[Cl-].[Cl-]. The van der Waals surface area contributed by atoms with Crippen molar-refractivity contribution in [1.29, 1.82) is 0 Å². The number of benzene rings is 4. The second kappa shape index (κ2) is 18.2. The van der Waals surface area contributed by atoms with Crippen LogP contribution in [0.2, 0.25) is 0 Å². The number of rotatable bonds is 2. The number of hydrogen-bond donors (Lipinski definition) is 0. The minimum atomic E-state index is -4.49. The molecule has 0 amide bonds. The fourth-order valence-corrected chi connectivity index (χ4v) is 8.69. The van der Waals surface area contributed by atoms with Crippen LogP contribution in [0.3, 0.4) is 0 Å². The average molecular weight is 939 g/mol. The van der Waals surface area contributed by atoms with Gasteiger partial charge >= 0.3 is 137 Å². The second-order valence-corrected chi connectivity index (χ2v) is 19.3. The Morgan fingerprint density at radius 3 is 1.38 bits per heavy atom. The van der Waals surface area contributed by atoms with Crippen LogP contribution in [0, 0.1) is 11.5 Å². The van der Waals surface area contributed by atoms with E-state index in [1.807, 2.05) is 0 Å². The summed E-state index contributed by atoms with van der Waals surface area (Å²) in [7, 11) is 0. The van der Waals surface area contributed by atoms with Crippen molar-refractivity contribution in [2.24, 2.45) is 5.41 Å². The fourth-order valence-electron chi connectivity index (χ4n) is 7.92. The van der Waals surface area contributed by atoms with Gasteiger partial charge in [0.25, 0.3) is 0 Å². The molecule has 0 radical (unpaired) electrons. The number of halogens is 8. The van der Waals surface area contributed by atoms with Gasteiger partial charge in [-0.3, -0.25) is 6.08 Å². The van der Waals surface area contributed by atoms with Crippen LogP contribution < -0.4 is 24.8 Å². The molecule has 0 saturated carbocycles. The molecule has 3 aliphatic rings. The molecule has 0 bridgehead atoms. The van der Waals surface area contributed by atoms with Gasteiger partial charge in [0.2, 0.25) is 0 Å². The molecule has 0 nitrogen and oxygen atoms in total. The zero-order valence-corrected chi connectivity index (χ0v) is 39.4. The maximum absolute atomic E-state index is 12.7. The normalized spacial score (nSPS) is 16.4. The summed E-state index contributed by atoms with van der Waals surface area (Å²) in [6.07, 6.45) is 6.61. The minimum absolute atomic E-state index is 0. The Morgan fingerprint density at radius 1 is 0.633 bits per heavy atom. The van der Waals surface area contributed by atoms with E-state index in [1.54, 1.807) is 0 Å². The Morgan fingerprint density at radius 2 is 1.05 bits per heavy atom. The third-order valence-electron chi connectivity index (χ3n) is 11.6.